The second kappa shape index (κ2) is 10.0. The van der Waals surface area contributed by atoms with E-state index in [2.05, 4.69) is 9.97 Å². The van der Waals surface area contributed by atoms with E-state index >= 15 is 0 Å². The van der Waals surface area contributed by atoms with Crippen LogP contribution in [0.5, 0.6) is 5.88 Å². The minimum Gasteiger partial charge on any atom is -0.478 e. The van der Waals surface area contributed by atoms with Gasteiger partial charge in [-0.25, -0.2) is 19.7 Å². The number of aromatic nitrogens is 3. The number of pyridine rings is 1. The van der Waals surface area contributed by atoms with Crippen LogP contribution in [-0.4, -0.2) is 56.6 Å². The SMILES string of the molecule is O=C(O)c1ccc(Cc2ncc3c(OC4CCOCC4)ncc(C4CCC(O)CC4)c3n2)cc1. The molecule has 3 aromatic rings. The second-order valence-electron chi connectivity index (χ2n) is 9.18. The molecular weight excluding hydrogens is 434 g/mol. The first-order valence-electron chi connectivity index (χ1n) is 12.0. The minimum atomic E-state index is -0.944. The lowest BCUT2D eigenvalue weighted by Crippen LogP contribution is -2.26. The van der Waals surface area contributed by atoms with E-state index in [-0.39, 0.29) is 23.7 Å². The minimum absolute atomic E-state index is 0.0626. The van der Waals surface area contributed by atoms with Gasteiger partial charge in [-0.1, -0.05) is 12.1 Å². The van der Waals surface area contributed by atoms with Gasteiger partial charge in [0, 0.05) is 37.2 Å². The molecule has 0 bridgehead atoms. The number of fused-ring (bicyclic) bond motifs is 1. The molecule has 0 atom stereocenters. The molecule has 0 spiro atoms. The Bertz CT molecular complexity index is 1150. The summed E-state index contributed by atoms with van der Waals surface area (Å²) in [6.45, 7) is 1.37. The normalized spacial score (nSPS) is 21.4. The Morgan fingerprint density at radius 2 is 1.74 bits per heavy atom. The summed E-state index contributed by atoms with van der Waals surface area (Å²) in [4.78, 5) is 25.3. The molecule has 3 heterocycles. The monoisotopic (exact) mass is 463 g/mol. The van der Waals surface area contributed by atoms with Gasteiger partial charge in [0.15, 0.2) is 0 Å². The van der Waals surface area contributed by atoms with Crippen LogP contribution in [0, 0.1) is 0 Å². The summed E-state index contributed by atoms with van der Waals surface area (Å²) in [5, 5.41) is 19.9. The van der Waals surface area contributed by atoms with Crippen molar-refractivity contribution in [3.8, 4) is 5.88 Å². The number of hydrogen-bond acceptors (Lipinski definition) is 7. The summed E-state index contributed by atoms with van der Waals surface area (Å²) in [5.41, 5.74) is 3.13. The number of rotatable bonds is 6. The van der Waals surface area contributed by atoms with Crippen LogP contribution >= 0.6 is 0 Å². The van der Waals surface area contributed by atoms with E-state index in [9.17, 15) is 9.90 Å². The number of aliphatic hydroxyl groups excluding tert-OH is 1. The van der Waals surface area contributed by atoms with Crippen LogP contribution in [0.2, 0.25) is 0 Å². The number of carboxylic acids is 1. The molecule has 1 aliphatic carbocycles. The second-order valence-corrected chi connectivity index (χ2v) is 9.18. The molecule has 1 saturated carbocycles. The highest BCUT2D eigenvalue weighted by atomic mass is 16.5. The number of nitrogens with zero attached hydrogens (tertiary/aromatic N) is 3. The zero-order valence-corrected chi connectivity index (χ0v) is 19.0. The highest BCUT2D eigenvalue weighted by molar-refractivity contribution is 5.87. The molecule has 1 saturated heterocycles. The topological polar surface area (TPSA) is 115 Å². The molecule has 1 aromatic carbocycles. The Hall–Kier alpha value is -3.10. The van der Waals surface area contributed by atoms with Gasteiger partial charge in [0.25, 0.3) is 0 Å². The lowest BCUT2D eigenvalue weighted by Gasteiger charge is -2.27. The number of aliphatic hydroxyl groups is 1. The average molecular weight is 464 g/mol. The molecule has 34 heavy (non-hydrogen) atoms. The number of aromatic carboxylic acids is 1. The Balaban J connectivity index is 1.48. The van der Waals surface area contributed by atoms with Gasteiger partial charge in [-0.05, 0) is 49.3 Å². The summed E-state index contributed by atoms with van der Waals surface area (Å²) in [5.74, 6) is 0.558. The van der Waals surface area contributed by atoms with Crippen molar-refractivity contribution < 1.29 is 24.5 Å². The predicted molar refractivity (Wildman–Crippen MR) is 125 cm³/mol. The van der Waals surface area contributed by atoms with E-state index < -0.39 is 5.97 Å². The third kappa shape index (κ3) is 5.03. The molecule has 5 rings (SSSR count). The third-order valence-electron chi connectivity index (χ3n) is 6.81. The number of carbonyl (C=O) groups is 1. The fraction of sp³-hybridized carbons (Fsp3) is 0.462. The van der Waals surface area contributed by atoms with Gasteiger partial charge in [-0.15, -0.1) is 0 Å². The van der Waals surface area contributed by atoms with Crippen molar-refractivity contribution in [1.29, 1.82) is 0 Å². The fourth-order valence-corrected chi connectivity index (χ4v) is 4.82. The number of carboxylic acid groups (broad SMARTS) is 1. The Labute approximate surface area is 198 Å². The van der Waals surface area contributed by atoms with Crippen LogP contribution in [0.3, 0.4) is 0 Å². The molecule has 2 aliphatic rings. The average Bonchev–Trinajstić information content (AvgIpc) is 2.86. The van der Waals surface area contributed by atoms with Crippen LogP contribution in [0.25, 0.3) is 10.9 Å². The zero-order chi connectivity index (χ0) is 23.5. The maximum absolute atomic E-state index is 11.1. The van der Waals surface area contributed by atoms with Gasteiger partial charge < -0.3 is 19.7 Å². The van der Waals surface area contributed by atoms with Crippen LogP contribution in [-0.2, 0) is 11.2 Å². The third-order valence-corrected chi connectivity index (χ3v) is 6.81. The molecule has 0 amide bonds. The lowest BCUT2D eigenvalue weighted by molar-refractivity contribution is 0.0244. The Morgan fingerprint density at radius 1 is 1.00 bits per heavy atom. The van der Waals surface area contributed by atoms with E-state index in [4.69, 9.17) is 19.6 Å². The van der Waals surface area contributed by atoms with Gasteiger partial charge in [0.05, 0.1) is 35.8 Å². The molecule has 0 radical (unpaired) electrons. The number of benzene rings is 1. The first kappa shape index (κ1) is 22.7. The van der Waals surface area contributed by atoms with Crippen molar-refractivity contribution in [2.45, 2.75) is 63.1 Å². The quantitative estimate of drug-likeness (QED) is 0.566. The lowest BCUT2D eigenvalue weighted by atomic mass is 9.82. The summed E-state index contributed by atoms with van der Waals surface area (Å²) < 4.78 is 11.7. The molecule has 1 aliphatic heterocycles. The molecule has 2 N–H and O–H groups in total. The van der Waals surface area contributed by atoms with Gasteiger partial charge in [-0.3, -0.25) is 0 Å². The summed E-state index contributed by atoms with van der Waals surface area (Å²) >= 11 is 0. The van der Waals surface area contributed by atoms with Crippen molar-refractivity contribution in [3.05, 3.63) is 59.2 Å². The van der Waals surface area contributed by atoms with Gasteiger partial charge in [0.2, 0.25) is 5.88 Å². The largest absolute Gasteiger partial charge is 0.478 e. The Morgan fingerprint density at radius 3 is 2.44 bits per heavy atom. The van der Waals surface area contributed by atoms with Crippen molar-refractivity contribution in [2.24, 2.45) is 0 Å². The first-order valence-corrected chi connectivity index (χ1v) is 12.0. The van der Waals surface area contributed by atoms with Crippen molar-refractivity contribution >= 4 is 16.9 Å². The summed E-state index contributed by atoms with van der Waals surface area (Å²) in [6.07, 6.45) is 9.02. The van der Waals surface area contributed by atoms with Crippen LogP contribution < -0.4 is 4.74 Å². The van der Waals surface area contributed by atoms with Crippen molar-refractivity contribution in [3.63, 3.8) is 0 Å². The Kier molecular flexibility index (Phi) is 6.69. The van der Waals surface area contributed by atoms with E-state index in [1.807, 2.05) is 6.20 Å². The number of ether oxygens (including phenoxy) is 2. The van der Waals surface area contributed by atoms with Crippen LogP contribution in [0.15, 0.2) is 36.7 Å². The maximum atomic E-state index is 11.1. The zero-order valence-electron chi connectivity index (χ0n) is 19.0. The molecule has 178 valence electrons. The van der Waals surface area contributed by atoms with Crippen LogP contribution in [0.4, 0.5) is 0 Å². The van der Waals surface area contributed by atoms with Crippen molar-refractivity contribution in [2.75, 3.05) is 13.2 Å². The highest BCUT2D eigenvalue weighted by Crippen LogP contribution is 2.37. The van der Waals surface area contributed by atoms with E-state index in [0.29, 0.717) is 31.3 Å². The molecule has 2 fully saturated rings. The van der Waals surface area contributed by atoms with Gasteiger partial charge in [0.1, 0.15) is 11.9 Å². The fourth-order valence-electron chi connectivity index (χ4n) is 4.82. The van der Waals surface area contributed by atoms with Crippen molar-refractivity contribution in [1.82, 2.24) is 15.0 Å². The molecule has 2 aromatic heterocycles. The molecule has 8 nitrogen and oxygen atoms in total. The number of hydrogen-bond donors (Lipinski definition) is 2. The van der Waals surface area contributed by atoms with Crippen LogP contribution in [0.1, 0.15) is 71.8 Å². The molecule has 8 heteroatoms. The van der Waals surface area contributed by atoms with Gasteiger partial charge in [-0.2, -0.15) is 0 Å². The standard InChI is InChI=1S/C26H29N3O5/c30-19-7-5-17(6-8-19)21-14-28-25(34-20-9-11-33-12-10-20)22-15-27-23(29-24(21)22)13-16-1-3-18(4-2-16)26(31)32/h1-4,14-15,17,19-20,30H,5-13H2,(H,31,32). The molecule has 0 unspecified atom stereocenters. The summed E-state index contributed by atoms with van der Waals surface area (Å²) in [7, 11) is 0. The predicted octanol–water partition coefficient (Wildman–Crippen LogP) is 3.89. The highest BCUT2D eigenvalue weighted by Gasteiger charge is 2.25. The van der Waals surface area contributed by atoms with E-state index in [0.717, 1.165) is 60.6 Å². The van der Waals surface area contributed by atoms with Gasteiger partial charge >= 0.3 is 5.97 Å². The first-order chi connectivity index (χ1) is 16.6. The maximum Gasteiger partial charge on any atom is 0.335 e. The van der Waals surface area contributed by atoms with E-state index in [1.54, 1.807) is 30.5 Å². The van der Waals surface area contributed by atoms with E-state index in [1.165, 1.54) is 0 Å². The summed E-state index contributed by atoms with van der Waals surface area (Å²) in [6, 6.07) is 6.79. The molecular formula is C26H29N3O5. The smallest absolute Gasteiger partial charge is 0.335 e.